The third kappa shape index (κ3) is 6.87. The molecule has 2 amide bonds. The summed E-state index contributed by atoms with van der Waals surface area (Å²) in [6.45, 7) is 1.71. The van der Waals surface area contributed by atoms with Crippen LogP contribution in [0.3, 0.4) is 0 Å². The van der Waals surface area contributed by atoms with Crippen LogP contribution >= 0.6 is 34.9 Å². The van der Waals surface area contributed by atoms with E-state index in [4.69, 9.17) is 10.6 Å². The molecule has 6 rings (SSSR count). The summed E-state index contributed by atoms with van der Waals surface area (Å²) in [5, 5.41) is 49.9. The van der Waals surface area contributed by atoms with E-state index in [-0.39, 0.29) is 39.2 Å². The lowest BCUT2D eigenvalue weighted by Gasteiger charge is -2.49. The Kier molecular flexibility index (Phi) is 9.54. The summed E-state index contributed by atoms with van der Waals surface area (Å²) in [6.07, 6.45) is 1.19. The Morgan fingerprint density at radius 2 is 1.92 bits per heavy atom. The Morgan fingerprint density at radius 1 is 1.16 bits per heavy atom. The van der Waals surface area contributed by atoms with E-state index in [9.17, 15) is 48.0 Å². The quantitative estimate of drug-likeness (QED) is 0.0290. The molecule has 2 aliphatic rings. The molecule has 1 aromatic carbocycles. The number of carboxylic acid groups (broad SMARTS) is 2. The molecule has 0 spiro atoms. The number of oxime groups is 1. The molecule has 23 heteroatoms. The summed E-state index contributed by atoms with van der Waals surface area (Å²) < 4.78 is 26.8. The lowest BCUT2D eigenvalue weighted by molar-refractivity contribution is -0.150. The molecule has 0 aliphatic carbocycles. The molecular weight excluding hydrogens is 753 g/mol. The lowest BCUT2D eigenvalue weighted by Crippen LogP contribution is -2.71. The number of hydrogen-bond acceptors (Lipinski definition) is 17. The summed E-state index contributed by atoms with van der Waals surface area (Å²) in [5.74, 6) is -6.31. The van der Waals surface area contributed by atoms with Crippen LogP contribution in [0.1, 0.15) is 21.7 Å². The maximum Gasteiger partial charge on any atom is 0.352 e. The number of aliphatic carboxylic acids is 1. The standard InChI is InChI=1S/C28H24N8O11S4/c1-11-4-18(32-22-14(26(41)42)6-30-36(11)22)48-7-12-8-49-25-20(24(40)35(25)21(12)27(43)44)33-23(39)19(15-9-50-28(29)31-15)34-47-10-51(45,46)13-2-3-16(37)17(38)5-13/h2-6,9,20,25,37-38H,7-8,10H2,1H3,(H2,29,31)(H,33,39)(H,41,42)(H,43,44)/t20-,25-/m1/s1. The summed E-state index contributed by atoms with van der Waals surface area (Å²) >= 11 is 3.30. The van der Waals surface area contributed by atoms with Gasteiger partial charge in [-0.3, -0.25) is 14.5 Å². The number of phenols is 2. The predicted octanol–water partition coefficient (Wildman–Crippen LogP) is 0.869. The number of rotatable bonds is 12. The molecule has 19 nitrogen and oxygen atoms in total. The third-order valence-electron chi connectivity index (χ3n) is 7.44. The molecule has 0 bridgehead atoms. The first-order chi connectivity index (χ1) is 24.2. The van der Waals surface area contributed by atoms with Crippen molar-refractivity contribution in [3.8, 4) is 11.5 Å². The minimum atomic E-state index is -4.23. The number of nitrogen functional groups attached to an aromatic ring is 1. The Hall–Kier alpha value is -5.39. The number of sulfone groups is 1. The van der Waals surface area contributed by atoms with Crippen LogP contribution in [0.4, 0.5) is 5.13 Å². The summed E-state index contributed by atoms with van der Waals surface area (Å²) in [7, 11) is -4.23. The largest absolute Gasteiger partial charge is 0.504 e. The number of anilines is 1. The number of fused-ring (bicyclic) bond motifs is 2. The number of carbonyl (C=O) groups excluding carboxylic acids is 2. The molecule has 2 aliphatic heterocycles. The summed E-state index contributed by atoms with van der Waals surface area (Å²) in [4.78, 5) is 64.8. The number of hydrogen-bond donors (Lipinski definition) is 6. The first-order valence-corrected chi connectivity index (χ1v) is 18.8. The van der Waals surface area contributed by atoms with Gasteiger partial charge < -0.3 is 36.3 Å². The molecule has 266 valence electrons. The molecule has 0 radical (unpaired) electrons. The van der Waals surface area contributed by atoms with Crippen LogP contribution in [-0.2, 0) is 29.1 Å². The number of nitrogens with one attached hydrogen (secondary N) is 1. The third-order valence-corrected chi connectivity index (χ3v) is 11.8. The molecule has 0 saturated carbocycles. The number of aromatic nitrogens is 4. The topological polar surface area (TPSA) is 289 Å². The van der Waals surface area contributed by atoms with Crippen LogP contribution in [0.5, 0.6) is 11.5 Å². The monoisotopic (exact) mass is 776 g/mol. The summed E-state index contributed by atoms with van der Waals surface area (Å²) in [5.41, 5.74) is 5.87. The Labute approximate surface area is 298 Å². The van der Waals surface area contributed by atoms with E-state index in [2.05, 4.69) is 25.5 Å². The van der Waals surface area contributed by atoms with Crippen molar-refractivity contribution < 1.29 is 52.9 Å². The van der Waals surface area contributed by atoms with Gasteiger partial charge in [0.2, 0.25) is 15.8 Å². The van der Waals surface area contributed by atoms with Gasteiger partial charge in [-0.1, -0.05) is 5.16 Å². The smallest absolute Gasteiger partial charge is 0.352 e. The second-order valence-corrected chi connectivity index (χ2v) is 15.7. The normalized spacial score (nSPS) is 17.6. The van der Waals surface area contributed by atoms with Gasteiger partial charge in [0.05, 0.1) is 11.1 Å². The Morgan fingerprint density at radius 3 is 2.59 bits per heavy atom. The fourth-order valence-electron chi connectivity index (χ4n) is 5.00. The number of β-lactam (4-membered cyclic amide) rings is 1. The Bertz CT molecular complexity index is 2300. The maximum atomic E-state index is 13.4. The predicted molar refractivity (Wildman–Crippen MR) is 181 cm³/mol. The summed E-state index contributed by atoms with van der Waals surface area (Å²) in [6, 6.07) is 3.28. The number of benzene rings is 1. The van der Waals surface area contributed by atoms with Gasteiger partial charge in [0.25, 0.3) is 11.8 Å². The van der Waals surface area contributed by atoms with Crippen LogP contribution in [-0.4, -0.2) is 112 Å². The van der Waals surface area contributed by atoms with Crippen LogP contribution in [0, 0.1) is 6.92 Å². The zero-order chi connectivity index (χ0) is 36.8. The fraction of sp³-hybridized carbons (Fsp3) is 0.214. The van der Waals surface area contributed by atoms with E-state index in [0.29, 0.717) is 16.3 Å². The SMILES string of the molecule is Cc1cc(SCC2=C(C(=O)O)N3C(=O)[C@@H](NC(=O)C(=NOCS(=O)(=O)c4ccc(O)c(O)c4)c4csc(N)n4)[C@H]3SC2)nc2c(C(=O)O)cnn12. The van der Waals surface area contributed by atoms with E-state index in [1.165, 1.54) is 27.9 Å². The van der Waals surface area contributed by atoms with Crippen molar-refractivity contribution in [2.75, 3.05) is 23.2 Å². The van der Waals surface area contributed by atoms with Crippen molar-refractivity contribution in [1.82, 2.24) is 29.8 Å². The first-order valence-electron chi connectivity index (χ1n) is 14.2. The highest BCUT2D eigenvalue weighted by Gasteiger charge is 2.54. The van der Waals surface area contributed by atoms with Crippen LogP contribution in [0.25, 0.3) is 5.65 Å². The van der Waals surface area contributed by atoms with Crippen LogP contribution in [0.2, 0.25) is 0 Å². The molecule has 1 fully saturated rings. The number of aromatic hydroxyl groups is 2. The van der Waals surface area contributed by atoms with Crippen molar-refractivity contribution >= 4 is 84.9 Å². The maximum absolute atomic E-state index is 13.4. The van der Waals surface area contributed by atoms with Crippen molar-refractivity contribution in [3.05, 3.63) is 64.1 Å². The van der Waals surface area contributed by atoms with Gasteiger partial charge in [-0.2, -0.15) is 5.10 Å². The highest BCUT2D eigenvalue weighted by Crippen LogP contribution is 2.41. The molecule has 4 aromatic rings. The molecule has 2 atom stereocenters. The number of carbonyl (C=O) groups is 4. The van der Waals surface area contributed by atoms with Crippen molar-refractivity contribution in [2.24, 2.45) is 5.16 Å². The van der Waals surface area contributed by atoms with Crippen molar-refractivity contribution in [3.63, 3.8) is 0 Å². The van der Waals surface area contributed by atoms with Crippen LogP contribution < -0.4 is 11.1 Å². The lowest BCUT2D eigenvalue weighted by atomic mass is 10.0. The number of aryl methyl sites for hydroxylation is 1. The average molecular weight is 777 g/mol. The highest BCUT2D eigenvalue weighted by atomic mass is 32.2. The minimum absolute atomic E-state index is 0.0471. The molecule has 0 unspecified atom stereocenters. The molecule has 51 heavy (non-hydrogen) atoms. The van der Waals surface area contributed by atoms with Gasteiger partial charge in [-0.25, -0.2) is 32.5 Å². The van der Waals surface area contributed by atoms with Gasteiger partial charge in [-0.15, -0.1) is 34.9 Å². The van der Waals surface area contributed by atoms with Crippen LogP contribution in [0.15, 0.2) is 62.2 Å². The second kappa shape index (κ2) is 13.7. The number of aromatic carboxylic acids is 1. The fourth-order valence-corrected chi connectivity index (χ4v) is 8.88. The van der Waals surface area contributed by atoms with E-state index in [0.717, 1.165) is 46.2 Å². The number of nitrogens with two attached hydrogens (primary N) is 1. The number of carboxylic acids is 2. The Balaban J connectivity index is 1.17. The molecule has 7 N–H and O–H groups in total. The van der Waals surface area contributed by atoms with E-state index < -0.39 is 73.1 Å². The molecular formula is C28H24N8O11S4. The number of thioether (sulfide) groups is 2. The highest BCUT2D eigenvalue weighted by molar-refractivity contribution is 8.01. The van der Waals surface area contributed by atoms with Gasteiger partial charge in [0, 0.05) is 28.6 Å². The van der Waals surface area contributed by atoms with Crippen molar-refractivity contribution in [1.29, 1.82) is 0 Å². The van der Waals surface area contributed by atoms with Crippen molar-refractivity contribution in [2.45, 2.75) is 28.3 Å². The van der Waals surface area contributed by atoms with Gasteiger partial charge in [0.1, 0.15) is 33.4 Å². The molecule has 3 aromatic heterocycles. The van der Waals surface area contributed by atoms with Gasteiger partial charge in [0.15, 0.2) is 28.0 Å². The average Bonchev–Trinajstić information content (AvgIpc) is 3.71. The first kappa shape index (κ1) is 35.4. The zero-order valence-corrected chi connectivity index (χ0v) is 29.0. The molecule has 1 saturated heterocycles. The number of phenolic OH excluding ortho intramolecular Hbond substituents is 2. The minimum Gasteiger partial charge on any atom is -0.504 e. The van der Waals surface area contributed by atoms with E-state index >= 15 is 0 Å². The van der Waals surface area contributed by atoms with Gasteiger partial charge >= 0.3 is 11.9 Å². The van der Waals surface area contributed by atoms with E-state index in [1.807, 2.05) is 0 Å². The number of nitrogens with zero attached hydrogens (tertiary/aromatic N) is 6. The number of thiazole rings is 1. The zero-order valence-electron chi connectivity index (χ0n) is 25.8. The second-order valence-electron chi connectivity index (χ2n) is 10.8. The van der Waals surface area contributed by atoms with Gasteiger partial charge in [-0.05, 0) is 30.7 Å². The molecule has 5 heterocycles. The van der Waals surface area contributed by atoms with E-state index in [1.54, 1.807) is 13.0 Å². The number of amides is 2.